The van der Waals surface area contributed by atoms with Crippen LogP contribution in [0.1, 0.15) is 13.8 Å². The molecule has 1 aliphatic heterocycles. The highest BCUT2D eigenvalue weighted by molar-refractivity contribution is 6.03. The molecule has 23 heavy (non-hydrogen) atoms. The van der Waals surface area contributed by atoms with Gasteiger partial charge in [-0.2, -0.15) is 0 Å². The van der Waals surface area contributed by atoms with Gasteiger partial charge in [-0.25, -0.2) is 9.78 Å². The third-order valence-corrected chi connectivity index (χ3v) is 3.98. The van der Waals surface area contributed by atoms with E-state index in [1.165, 1.54) is 15.5 Å². The Morgan fingerprint density at radius 1 is 1.30 bits per heavy atom. The van der Waals surface area contributed by atoms with Gasteiger partial charge in [0.05, 0.1) is 25.1 Å². The van der Waals surface area contributed by atoms with Gasteiger partial charge < -0.3 is 9.67 Å². The Morgan fingerprint density at radius 3 is 2.61 bits per heavy atom. The third kappa shape index (κ3) is 2.44. The van der Waals surface area contributed by atoms with Crippen molar-refractivity contribution in [2.75, 3.05) is 6.54 Å². The quantitative estimate of drug-likeness (QED) is 0.832. The zero-order valence-electron chi connectivity index (χ0n) is 13.6. The van der Waals surface area contributed by atoms with Gasteiger partial charge in [-0.1, -0.05) is 0 Å². The Bertz CT molecular complexity index is 966. The molecule has 0 aliphatic carbocycles. The molecular formula is C15H19N5O3. The van der Waals surface area contributed by atoms with Crippen LogP contribution in [0.2, 0.25) is 0 Å². The van der Waals surface area contributed by atoms with E-state index in [9.17, 15) is 14.7 Å². The zero-order valence-corrected chi connectivity index (χ0v) is 13.6. The van der Waals surface area contributed by atoms with E-state index in [0.29, 0.717) is 23.4 Å². The molecule has 2 aromatic rings. The zero-order chi connectivity index (χ0) is 16.9. The fourth-order valence-electron chi connectivity index (χ4n) is 2.68. The maximum Gasteiger partial charge on any atom is 0.332 e. The van der Waals surface area contributed by atoms with Crippen molar-refractivity contribution < 1.29 is 5.11 Å². The number of imidazole rings is 1. The molecule has 0 atom stereocenters. The van der Waals surface area contributed by atoms with Gasteiger partial charge in [-0.15, -0.1) is 0 Å². The topological polar surface area (TPSA) is 94.4 Å². The maximum absolute atomic E-state index is 12.6. The second-order valence-electron chi connectivity index (χ2n) is 6.32. The SMILES string of the molecule is Cn1cnc2c1c(=O)n(CC1=CC(C(C)(C)O)=NC1)c(=O)n2C. The van der Waals surface area contributed by atoms with E-state index in [0.717, 1.165) is 5.57 Å². The van der Waals surface area contributed by atoms with Gasteiger partial charge in [0.1, 0.15) is 5.60 Å². The lowest BCUT2D eigenvalue weighted by Gasteiger charge is -2.15. The number of aromatic nitrogens is 4. The first-order chi connectivity index (χ1) is 10.7. The summed E-state index contributed by atoms with van der Waals surface area (Å²) in [7, 11) is 3.31. The van der Waals surface area contributed by atoms with E-state index in [2.05, 4.69) is 9.98 Å². The summed E-state index contributed by atoms with van der Waals surface area (Å²) in [6.07, 6.45) is 3.26. The molecule has 1 aliphatic rings. The highest BCUT2D eigenvalue weighted by atomic mass is 16.3. The van der Waals surface area contributed by atoms with Crippen LogP contribution in [0.3, 0.4) is 0 Å². The first-order valence-corrected chi connectivity index (χ1v) is 7.27. The number of aliphatic imine (C=N–C) groups is 1. The average molecular weight is 317 g/mol. The molecule has 0 radical (unpaired) electrons. The van der Waals surface area contributed by atoms with Crippen LogP contribution in [0.5, 0.6) is 0 Å². The predicted octanol–water partition coefficient (Wildman–Crippen LogP) is -0.414. The lowest BCUT2D eigenvalue weighted by molar-refractivity contribution is 0.155. The van der Waals surface area contributed by atoms with Gasteiger partial charge in [0.2, 0.25) is 0 Å². The summed E-state index contributed by atoms with van der Waals surface area (Å²) in [6, 6.07) is 0. The van der Waals surface area contributed by atoms with Crippen molar-refractivity contribution in [2.24, 2.45) is 19.1 Å². The number of hydrogen-bond acceptors (Lipinski definition) is 5. The molecule has 0 amide bonds. The predicted molar refractivity (Wildman–Crippen MR) is 86.9 cm³/mol. The van der Waals surface area contributed by atoms with Gasteiger partial charge in [-0.3, -0.25) is 18.9 Å². The first kappa shape index (κ1) is 15.4. The van der Waals surface area contributed by atoms with Crippen LogP contribution < -0.4 is 11.2 Å². The van der Waals surface area contributed by atoms with Crippen LogP contribution in [-0.4, -0.2) is 41.6 Å². The Morgan fingerprint density at radius 2 is 2.00 bits per heavy atom. The van der Waals surface area contributed by atoms with Crippen LogP contribution in [0.25, 0.3) is 11.2 Å². The van der Waals surface area contributed by atoms with Gasteiger partial charge in [0.25, 0.3) is 5.56 Å². The van der Waals surface area contributed by atoms with E-state index >= 15 is 0 Å². The first-order valence-electron chi connectivity index (χ1n) is 7.27. The summed E-state index contributed by atoms with van der Waals surface area (Å²) in [6.45, 7) is 3.82. The molecule has 0 aromatic carbocycles. The summed E-state index contributed by atoms with van der Waals surface area (Å²) < 4.78 is 4.15. The van der Waals surface area contributed by atoms with Crippen molar-refractivity contribution >= 4 is 16.9 Å². The summed E-state index contributed by atoms with van der Waals surface area (Å²) in [4.78, 5) is 33.4. The monoisotopic (exact) mass is 317 g/mol. The van der Waals surface area contributed by atoms with Crippen LogP contribution in [0.4, 0.5) is 0 Å². The number of aliphatic hydroxyl groups is 1. The van der Waals surface area contributed by atoms with E-state index in [4.69, 9.17) is 0 Å². The molecule has 0 fully saturated rings. The normalized spacial score (nSPS) is 15.2. The van der Waals surface area contributed by atoms with Gasteiger partial charge >= 0.3 is 5.69 Å². The number of fused-ring (bicyclic) bond motifs is 1. The molecule has 2 aromatic heterocycles. The van der Waals surface area contributed by atoms with Crippen LogP contribution in [0.15, 0.2) is 32.6 Å². The van der Waals surface area contributed by atoms with Crippen molar-refractivity contribution in [3.8, 4) is 0 Å². The minimum atomic E-state index is -1.04. The Hall–Kier alpha value is -2.48. The van der Waals surface area contributed by atoms with Crippen molar-refractivity contribution in [1.82, 2.24) is 18.7 Å². The second-order valence-corrected chi connectivity index (χ2v) is 6.32. The minimum absolute atomic E-state index is 0.149. The largest absolute Gasteiger partial charge is 0.384 e. The van der Waals surface area contributed by atoms with Crippen molar-refractivity contribution in [3.63, 3.8) is 0 Å². The molecule has 1 N–H and O–H groups in total. The highest BCUT2D eigenvalue weighted by Crippen LogP contribution is 2.16. The van der Waals surface area contributed by atoms with Gasteiger partial charge in [0.15, 0.2) is 11.2 Å². The third-order valence-electron chi connectivity index (χ3n) is 3.98. The summed E-state index contributed by atoms with van der Waals surface area (Å²) in [5.41, 5.74) is 0.284. The molecule has 3 heterocycles. The standard InChI is InChI=1S/C15H19N5O3/c1-15(2,23)10-5-9(6-16-10)7-20-13(21)11-12(17-8-18(11)3)19(4)14(20)22/h5,8,23H,6-7H2,1-4H3. The molecule has 3 rings (SSSR count). The Balaban J connectivity index is 2.08. The number of rotatable bonds is 3. The number of nitrogens with zero attached hydrogens (tertiary/aromatic N) is 5. The molecular weight excluding hydrogens is 298 g/mol. The smallest absolute Gasteiger partial charge is 0.332 e. The fourth-order valence-corrected chi connectivity index (χ4v) is 2.68. The van der Waals surface area contributed by atoms with Crippen LogP contribution >= 0.6 is 0 Å². The Labute approximate surface area is 132 Å². The molecule has 0 unspecified atom stereocenters. The molecule has 0 spiro atoms. The minimum Gasteiger partial charge on any atom is -0.384 e. The lowest BCUT2D eigenvalue weighted by Crippen LogP contribution is -2.40. The maximum atomic E-state index is 12.6. The summed E-state index contributed by atoms with van der Waals surface area (Å²) >= 11 is 0. The van der Waals surface area contributed by atoms with Gasteiger partial charge in [0, 0.05) is 14.1 Å². The molecule has 8 heteroatoms. The molecule has 0 bridgehead atoms. The van der Waals surface area contributed by atoms with Gasteiger partial charge in [-0.05, 0) is 25.5 Å². The molecule has 8 nitrogen and oxygen atoms in total. The highest BCUT2D eigenvalue weighted by Gasteiger charge is 2.24. The van der Waals surface area contributed by atoms with E-state index < -0.39 is 11.3 Å². The van der Waals surface area contributed by atoms with Crippen molar-refractivity contribution in [3.05, 3.63) is 38.8 Å². The summed E-state index contributed by atoms with van der Waals surface area (Å²) in [5.74, 6) is 0. The number of hydrogen-bond donors (Lipinski definition) is 1. The Kier molecular flexibility index (Phi) is 3.36. The molecule has 122 valence electrons. The average Bonchev–Trinajstić information content (AvgIpc) is 3.07. The molecule has 0 saturated heterocycles. The fraction of sp³-hybridized carbons (Fsp3) is 0.467. The van der Waals surface area contributed by atoms with E-state index in [-0.39, 0.29) is 12.1 Å². The lowest BCUT2D eigenvalue weighted by atomic mass is 10.0. The van der Waals surface area contributed by atoms with Crippen molar-refractivity contribution in [2.45, 2.75) is 26.0 Å². The number of aryl methyl sites for hydroxylation is 2. The van der Waals surface area contributed by atoms with Crippen molar-refractivity contribution in [1.29, 1.82) is 0 Å². The summed E-state index contributed by atoms with van der Waals surface area (Å²) in [5, 5.41) is 9.98. The van der Waals surface area contributed by atoms with Crippen LogP contribution in [-0.2, 0) is 20.6 Å². The van der Waals surface area contributed by atoms with Crippen LogP contribution in [0, 0.1) is 0 Å². The van der Waals surface area contributed by atoms with E-state index in [1.54, 1.807) is 38.6 Å². The van der Waals surface area contributed by atoms with E-state index in [1.807, 2.05) is 0 Å². The second kappa shape index (κ2) is 5.02. The molecule has 0 saturated carbocycles.